The van der Waals surface area contributed by atoms with Gasteiger partial charge in [-0.2, -0.15) is 17.0 Å². The van der Waals surface area contributed by atoms with Gasteiger partial charge in [-0.1, -0.05) is 31.9 Å². The van der Waals surface area contributed by atoms with Gasteiger partial charge in [0.15, 0.2) is 0 Å². The molecule has 1 amide bonds. The van der Waals surface area contributed by atoms with E-state index in [1.807, 2.05) is 6.92 Å². The van der Waals surface area contributed by atoms with Gasteiger partial charge in [0, 0.05) is 45.8 Å². The van der Waals surface area contributed by atoms with Crippen molar-refractivity contribution in [3.63, 3.8) is 0 Å². The minimum Gasteiger partial charge on any atom is -0.338 e. The smallest absolute Gasteiger partial charge is 0.281 e. The van der Waals surface area contributed by atoms with Crippen molar-refractivity contribution in [3.8, 4) is 0 Å². The average Bonchev–Trinajstić information content (AvgIpc) is 3.00. The summed E-state index contributed by atoms with van der Waals surface area (Å²) in [6, 6.07) is 5.80. The van der Waals surface area contributed by atoms with Crippen LogP contribution in [0.3, 0.4) is 0 Å². The number of unbranched alkanes of at least 4 members (excludes halogenated alkanes) is 1. The van der Waals surface area contributed by atoms with Crippen LogP contribution >= 0.6 is 0 Å². The van der Waals surface area contributed by atoms with Crippen LogP contribution in [0.1, 0.15) is 31.7 Å². The Morgan fingerprint density at radius 2 is 1.84 bits per heavy atom. The highest BCUT2D eigenvalue weighted by molar-refractivity contribution is 7.90. The predicted molar refractivity (Wildman–Crippen MR) is 117 cm³/mol. The summed E-state index contributed by atoms with van der Waals surface area (Å²) in [7, 11) is -4.26. The fourth-order valence-electron chi connectivity index (χ4n) is 3.61. The third kappa shape index (κ3) is 4.92. The molecule has 1 aromatic rings. The summed E-state index contributed by atoms with van der Waals surface area (Å²) < 4.78 is 54.3. The Balaban J connectivity index is 1.80. The number of fused-ring (bicyclic) bond motifs is 1. The first kappa shape index (κ1) is 23.6. The predicted octanol–water partition coefficient (Wildman–Crippen LogP) is 0.235. The van der Waals surface area contributed by atoms with Crippen molar-refractivity contribution in [2.24, 2.45) is 4.99 Å². The van der Waals surface area contributed by atoms with Crippen molar-refractivity contribution < 1.29 is 21.6 Å². The number of hydrogen-bond acceptors (Lipinski definition) is 6. The third-order valence-corrected chi connectivity index (χ3v) is 8.74. The second-order valence-corrected chi connectivity index (χ2v) is 11.5. The van der Waals surface area contributed by atoms with E-state index in [-0.39, 0.29) is 42.8 Å². The molecule has 1 fully saturated rings. The van der Waals surface area contributed by atoms with Crippen LogP contribution in [0.25, 0.3) is 0 Å². The van der Waals surface area contributed by atoms with Gasteiger partial charge in [-0.3, -0.25) is 14.5 Å². The van der Waals surface area contributed by atoms with Gasteiger partial charge in [-0.05, 0) is 18.6 Å². The summed E-state index contributed by atoms with van der Waals surface area (Å²) in [5.41, 5.74) is 0.457. The zero-order chi connectivity index (χ0) is 22.8. The Morgan fingerprint density at radius 1 is 1.19 bits per heavy atom. The number of piperazine rings is 1. The third-order valence-electron chi connectivity index (χ3n) is 5.40. The van der Waals surface area contributed by atoms with Crippen molar-refractivity contribution in [3.05, 3.63) is 29.8 Å². The van der Waals surface area contributed by atoms with Gasteiger partial charge in [0.2, 0.25) is 5.91 Å². The molecule has 10 nitrogen and oxygen atoms in total. The Hall–Kier alpha value is -2.02. The SMILES string of the molecule is CCCCC(N=C1NS(=O)(=O)c2ccccc21)C(=O)N1CCN(S(=O)(=O)N(C)C)CC1. The number of carbonyl (C=O) groups excluding carboxylic acids is 1. The van der Waals surface area contributed by atoms with E-state index < -0.39 is 26.3 Å². The fourth-order valence-corrected chi connectivity index (χ4v) is 5.93. The maximum atomic E-state index is 13.2. The molecule has 1 aromatic carbocycles. The molecular weight excluding hydrogens is 442 g/mol. The number of nitrogens with zero attached hydrogens (tertiary/aromatic N) is 4. The molecule has 2 heterocycles. The van der Waals surface area contributed by atoms with Crippen molar-refractivity contribution in [2.75, 3.05) is 40.3 Å². The maximum absolute atomic E-state index is 13.2. The highest BCUT2D eigenvalue weighted by Gasteiger charge is 2.35. The standard InChI is InChI=1S/C19H29N5O5S2/c1-4-5-9-16(20-18-15-8-6-7-10-17(15)30(26,27)21-18)19(25)23-11-13-24(14-12-23)31(28,29)22(2)3/h6-8,10,16H,4-5,9,11-14H2,1-3H3,(H,20,21). The van der Waals surface area contributed by atoms with Crippen molar-refractivity contribution in [1.82, 2.24) is 18.2 Å². The minimum atomic E-state index is -3.69. The number of amidine groups is 1. The second kappa shape index (κ2) is 9.23. The summed E-state index contributed by atoms with van der Waals surface area (Å²) in [4.78, 5) is 19.5. The molecule has 1 saturated heterocycles. The van der Waals surface area contributed by atoms with Crippen LogP contribution in [-0.2, 0) is 25.0 Å². The first-order valence-corrected chi connectivity index (χ1v) is 13.1. The van der Waals surface area contributed by atoms with E-state index in [9.17, 15) is 21.6 Å². The largest absolute Gasteiger partial charge is 0.338 e. The molecular formula is C19H29N5O5S2. The Morgan fingerprint density at radius 3 is 2.45 bits per heavy atom. The lowest BCUT2D eigenvalue weighted by Crippen LogP contribution is -2.54. The molecule has 0 spiro atoms. The molecule has 1 atom stereocenters. The van der Waals surface area contributed by atoms with Crippen LogP contribution in [0, 0.1) is 0 Å². The van der Waals surface area contributed by atoms with Crippen LogP contribution in [0.5, 0.6) is 0 Å². The summed E-state index contributed by atoms with van der Waals surface area (Å²) >= 11 is 0. The molecule has 0 saturated carbocycles. The van der Waals surface area contributed by atoms with Gasteiger partial charge in [0.1, 0.15) is 11.9 Å². The molecule has 2 aliphatic rings. The van der Waals surface area contributed by atoms with Gasteiger partial charge in [0.05, 0.1) is 4.90 Å². The molecule has 0 bridgehead atoms. The van der Waals surface area contributed by atoms with E-state index in [0.29, 0.717) is 12.0 Å². The van der Waals surface area contributed by atoms with Gasteiger partial charge in [0.25, 0.3) is 20.2 Å². The van der Waals surface area contributed by atoms with E-state index in [4.69, 9.17) is 0 Å². The Kier molecular flexibility index (Phi) is 7.04. The van der Waals surface area contributed by atoms with Crippen LogP contribution in [0.2, 0.25) is 0 Å². The lowest BCUT2D eigenvalue weighted by atomic mass is 10.1. The molecule has 0 aromatic heterocycles. The maximum Gasteiger partial charge on any atom is 0.281 e. The summed E-state index contributed by atoms with van der Waals surface area (Å²) in [5, 5.41) is 0. The normalized spacial score (nSPS) is 21.2. The molecule has 31 heavy (non-hydrogen) atoms. The number of hydrogen-bond donors (Lipinski definition) is 1. The molecule has 0 radical (unpaired) electrons. The Labute approximate surface area is 184 Å². The van der Waals surface area contributed by atoms with Crippen molar-refractivity contribution >= 4 is 32.0 Å². The molecule has 12 heteroatoms. The van der Waals surface area contributed by atoms with E-state index in [1.54, 1.807) is 23.1 Å². The summed E-state index contributed by atoms with van der Waals surface area (Å²) in [5.74, 6) is -0.0368. The van der Waals surface area contributed by atoms with Crippen molar-refractivity contribution in [1.29, 1.82) is 0 Å². The highest BCUT2D eigenvalue weighted by Crippen LogP contribution is 2.24. The average molecular weight is 472 g/mol. The number of carbonyl (C=O) groups is 1. The number of nitrogens with one attached hydrogen (secondary N) is 1. The zero-order valence-electron chi connectivity index (χ0n) is 18.0. The number of sulfonamides is 1. The van der Waals surface area contributed by atoms with Crippen LogP contribution in [0.4, 0.5) is 0 Å². The summed E-state index contributed by atoms with van der Waals surface area (Å²) in [6.07, 6.45) is 2.11. The fraction of sp³-hybridized carbons (Fsp3) is 0.579. The lowest BCUT2D eigenvalue weighted by Gasteiger charge is -2.36. The van der Waals surface area contributed by atoms with E-state index in [2.05, 4.69) is 9.71 Å². The van der Waals surface area contributed by atoms with Gasteiger partial charge < -0.3 is 4.90 Å². The second-order valence-electron chi connectivity index (χ2n) is 7.75. The topological polar surface area (TPSA) is 119 Å². The highest BCUT2D eigenvalue weighted by atomic mass is 32.2. The number of benzene rings is 1. The van der Waals surface area contributed by atoms with E-state index in [0.717, 1.165) is 17.1 Å². The molecule has 0 aliphatic carbocycles. The van der Waals surface area contributed by atoms with Crippen LogP contribution in [0.15, 0.2) is 34.2 Å². The van der Waals surface area contributed by atoms with E-state index in [1.165, 1.54) is 24.5 Å². The molecule has 2 aliphatic heterocycles. The Bertz CT molecular complexity index is 1060. The van der Waals surface area contributed by atoms with Gasteiger partial charge >= 0.3 is 0 Å². The summed E-state index contributed by atoms with van der Waals surface area (Å²) in [6.45, 7) is 2.95. The quantitative estimate of drug-likeness (QED) is 0.611. The lowest BCUT2D eigenvalue weighted by molar-refractivity contribution is -0.133. The first-order chi connectivity index (χ1) is 14.6. The zero-order valence-corrected chi connectivity index (χ0v) is 19.6. The number of amides is 1. The van der Waals surface area contributed by atoms with E-state index >= 15 is 0 Å². The molecule has 3 rings (SSSR count). The number of aliphatic imine (C=N–C) groups is 1. The monoisotopic (exact) mass is 471 g/mol. The molecule has 1 N–H and O–H groups in total. The van der Waals surface area contributed by atoms with Crippen LogP contribution < -0.4 is 4.72 Å². The number of rotatable bonds is 7. The molecule has 172 valence electrons. The van der Waals surface area contributed by atoms with Gasteiger partial charge in [-0.25, -0.2) is 8.42 Å². The minimum absolute atomic E-state index is 0.151. The molecule has 1 unspecified atom stereocenters. The van der Waals surface area contributed by atoms with Gasteiger partial charge in [-0.15, -0.1) is 0 Å². The van der Waals surface area contributed by atoms with Crippen molar-refractivity contribution in [2.45, 2.75) is 37.1 Å². The van der Waals surface area contributed by atoms with Crippen LogP contribution in [-0.4, -0.2) is 88.4 Å². The first-order valence-electron chi connectivity index (χ1n) is 10.2.